The second-order valence-corrected chi connectivity index (χ2v) is 4.77. The number of nitrogens with one attached hydrogen (secondary N) is 1. The smallest absolute Gasteiger partial charge is 0.290 e. The number of carbonyl (C=O) groups excluding carboxylic acids is 2. The Hall–Kier alpha value is -2.37. The summed E-state index contributed by atoms with van der Waals surface area (Å²) in [6, 6.07) is 4.12. The number of halogens is 1. The molecule has 0 saturated carbocycles. The predicted molar refractivity (Wildman–Crippen MR) is 69.8 cm³/mol. The Labute approximate surface area is 114 Å². The van der Waals surface area contributed by atoms with Crippen LogP contribution in [-0.2, 0) is 4.79 Å². The number of piperazine rings is 1. The summed E-state index contributed by atoms with van der Waals surface area (Å²) >= 11 is 0. The third-order valence-corrected chi connectivity index (χ3v) is 3.42. The SMILES string of the molecule is Cc1c(C(=O)N2CCNC(=O)C2)oc2ccc(F)cc12. The van der Waals surface area contributed by atoms with E-state index >= 15 is 0 Å². The van der Waals surface area contributed by atoms with Gasteiger partial charge >= 0.3 is 0 Å². The summed E-state index contributed by atoms with van der Waals surface area (Å²) in [4.78, 5) is 25.1. The van der Waals surface area contributed by atoms with E-state index in [2.05, 4.69) is 5.32 Å². The van der Waals surface area contributed by atoms with Crippen molar-refractivity contribution in [3.8, 4) is 0 Å². The first-order valence-electron chi connectivity index (χ1n) is 6.31. The Morgan fingerprint density at radius 3 is 3.00 bits per heavy atom. The van der Waals surface area contributed by atoms with Crippen LogP contribution in [0.25, 0.3) is 11.0 Å². The molecule has 2 heterocycles. The van der Waals surface area contributed by atoms with Gasteiger partial charge in [0.2, 0.25) is 5.91 Å². The summed E-state index contributed by atoms with van der Waals surface area (Å²) in [7, 11) is 0. The fourth-order valence-electron chi connectivity index (χ4n) is 2.35. The molecule has 1 aromatic heterocycles. The van der Waals surface area contributed by atoms with Crippen LogP contribution >= 0.6 is 0 Å². The molecule has 3 rings (SSSR count). The minimum atomic E-state index is -0.377. The van der Waals surface area contributed by atoms with E-state index in [9.17, 15) is 14.0 Å². The highest BCUT2D eigenvalue weighted by atomic mass is 19.1. The van der Waals surface area contributed by atoms with Gasteiger partial charge in [-0.3, -0.25) is 9.59 Å². The van der Waals surface area contributed by atoms with Gasteiger partial charge in [0.15, 0.2) is 5.76 Å². The highest BCUT2D eigenvalue weighted by Gasteiger charge is 2.27. The maximum atomic E-state index is 13.2. The van der Waals surface area contributed by atoms with Gasteiger partial charge < -0.3 is 14.6 Å². The van der Waals surface area contributed by atoms with Gasteiger partial charge in [0.05, 0.1) is 0 Å². The number of fused-ring (bicyclic) bond motifs is 1. The minimum absolute atomic E-state index is 0.0175. The van der Waals surface area contributed by atoms with Gasteiger partial charge in [-0.15, -0.1) is 0 Å². The Morgan fingerprint density at radius 2 is 2.25 bits per heavy atom. The summed E-state index contributed by atoms with van der Waals surface area (Å²) in [5.74, 6) is -0.739. The Kier molecular flexibility index (Phi) is 2.93. The van der Waals surface area contributed by atoms with E-state index in [1.54, 1.807) is 6.92 Å². The molecule has 0 bridgehead atoms. The number of furan rings is 1. The van der Waals surface area contributed by atoms with Crippen LogP contribution in [0.5, 0.6) is 0 Å². The zero-order valence-corrected chi connectivity index (χ0v) is 10.9. The molecule has 0 radical (unpaired) electrons. The van der Waals surface area contributed by atoms with Crippen LogP contribution in [0, 0.1) is 12.7 Å². The van der Waals surface area contributed by atoms with E-state index in [-0.39, 0.29) is 29.9 Å². The second-order valence-electron chi connectivity index (χ2n) is 4.77. The van der Waals surface area contributed by atoms with Gasteiger partial charge in [0.25, 0.3) is 5.91 Å². The largest absolute Gasteiger partial charge is 0.451 e. The van der Waals surface area contributed by atoms with Gasteiger partial charge in [-0.05, 0) is 25.1 Å². The number of hydrogen-bond donors (Lipinski definition) is 1. The summed E-state index contributed by atoms with van der Waals surface area (Å²) in [5, 5.41) is 3.23. The summed E-state index contributed by atoms with van der Waals surface area (Å²) < 4.78 is 18.8. The van der Waals surface area contributed by atoms with E-state index in [1.165, 1.54) is 23.1 Å². The van der Waals surface area contributed by atoms with Crippen molar-refractivity contribution in [3.63, 3.8) is 0 Å². The molecule has 20 heavy (non-hydrogen) atoms. The molecule has 0 atom stereocenters. The molecule has 1 aliphatic rings. The number of amides is 2. The lowest BCUT2D eigenvalue weighted by molar-refractivity contribution is -0.123. The van der Waals surface area contributed by atoms with Crippen molar-refractivity contribution in [1.82, 2.24) is 10.2 Å². The maximum Gasteiger partial charge on any atom is 0.290 e. The monoisotopic (exact) mass is 276 g/mol. The van der Waals surface area contributed by atoms with Crippen molar-refractivity contribution in [2.75, 3.05) is 19.6 Å². The van der Waals surface area contributed by atoms with Gasteiger partial charge in [0.1, 0.15) is 17.9 Å². The third-order valence-electron chi connectivity index (χ3n) is 3.42. The molecule has 104 valence electrons. The topological polar surface area (TPSA) is 62.6 Å². The molecule has 1 saturated heterocycles. The number of benzene rings is 1. The van der Waals surface area contributed by atoms with Crippen molar-refractivity contribution in [2.45, 2.75) is 6.92 Å². The second kappa shape index (κ2) is 4.63. The van der Waals surface area contributed by atoms with E-state index in [0.29, 0.717) is 29.6 Å². The molecule has 0 spiro atoms. The highest BCUT2D eigenvalue weighted by Crippen LogP contribution is 2.27. The molecular weight excluding hydrogens is 263 g/mol. The van der Waals surface area contributed by atoms with Gasteiger partial charge in [0, 0.05) is 24.0 Å². The molecule has 0 aliphatic carbocycles. The highest BCUT2D eigenvalue weighted by molar-refractivity contribution is 6.00. The van der Waals surface area contributed by atoms with Crippen LogP contribution in [0.3, 0.4) is 0 Å². The van der Waals surface area contributed by atoms with Gasteiger partial charge in [-0.1, -0.05) is 0 Å². The van der Waals surface area contributed by atoms with Gasteiger partial charge in [-0.2, -0.15) is 0 Å². The predicted octanol–water partition coefficient (Wildman–Crippen LogP) is 1.45. The van der Waals surface area contributed by atoms with Crippen molar-refractivity contribution in [3.05, 3.63) is 35.3 Å². The van der Waals surface area contributed by atoms with Crippen LogP contribution in [0.1, 0.15) is 16.1 Å². The van der Waals surface area contributed by atoms with Crippen molar-refractivity contribution in [1.29, 1.82) is 0 Å². The molecule has 5 nitrogen and oxygen atoms in total. The molecular formula is C14H13FN2O3. The van der Waals surface area contributed by atoms with E-state index in [4.69, 9.17) is 4.42 Å². The lowest BCUT2D eigenvalue weighted by Crippen LogP contribution is -2.50. The first-order valence-corrected chi connectivity index (χ1v) is 6.31. The average Bonchev–Trinajstić information content (AvgIpc) is 2.75. The summed E-state index contributed by atoms with van der Waals surface area (Å²) in [6.07, 6.45) is 0. The van der Waals surface area contributed by atoms with Crippen molar-refractivity contribution in [2.24, 2.45) is 0 Å². The molecule has 2 aromatic rings. The lowest BCUT2D eigenvalue weighted by Gasteiger charge is -2.25. The first-order chi connectivity index (χ1) is 9.56. The van der Waals surface area contributed by atoms with Crippen LogP contribution in [0.15, 0.2) is 22.6 Å². The quantitative estimate of drug-likeness (QED) is 0.857. The van der Waals surface area contributed by atoms with E-state index < -0.39 is 0 Å². The van der Waals surface area contributed by atoms with E-state index in [0.717, 1.165) is 0 Å². The average molecular weight is 276 g/mol. The Balaban J connectivity index is 1.99. The minimum Gasteiger partial charge on any atom is -0.451 e. The van der Waals surface area contributed by atoms with Crippen LogP contribution in [0.2, 0.25) is 0 Å². The summed E-state index contributed by atoms with van der Waals surface area (Å²) in [5.41, 5.74) is 1.06. The van der Waals surface area contributed by atoms with Crippen LogP contribution in [-0.4, -0.2) is 36.3 Å². The molecule has 2 amide bonds. The Bertz CT molecular complexity index is 708. The first kappa shape index (κ1) is 12.7. The molecule has 0 unspecified atom stereocenters. The standard InChI is InChI=1S/C14H13FN2O3/c1-8-10-6-9(15)2-3-11(10)20-13(8)14(19)17-5-4-16-12(18)7-17/h2-3,6H,4-5,7H2,1H3,(H,16,18). The molecule has 1 N–H and O–H groups in total. The third kappa shape index (κ3) is 2.03. The molecule has 6 heteroatoms. The Morgan fingerprint density at radius 1 is 1.45 bits per heavy atom. The zero-order chi connectivity index (χ0) is 14.3. The van der Waals surface area contributed by atoms with Gasteiger partial charge in [-0.25, -0.2) is 4.39 Å². The molecule has 1 aromatic carbocycles. The fourth-order valence-corrected chi connectivity index (χ4v) is 2.35. The normalized spacial score (nSPS) is 15.5. The van der Waals surface area contributed by atoms with Crippen molar-refractivity contribution >= 4 is 22.8 Å². The number of rotatable bonds is 1. The summed E-state index contributed by atoms with van der Waals surface area (Å²) in [6.45, 7) is 2.60. The fraction of sp³-hybridized carbons (Fsp3) is 0.286. The number of hydrogen-bond acceptors (Lipinski definition) is 3. The molecule has 1 fully saturated rings. The maximum absolute atomic E-state index is 13.2. The number of aryl methyl sites for hydroxylation is 1. The molecule has 1 aliphatic heterocycles. The van der Waals surface area contributed by atoms with E-state index in [1.807, 2.05) is 0 Å². The van der Waals surface area contributed by atoms with Crippen molar-refractivity contribution < 1.29 is 18.4 Å². The number of carbonyl (C=O) groups is 2. The van der Waals surface area contributed by atoms with Crippen LogP contribution in [0.4, 0.5) is 4.39 Å². The van der Waals surface area contributed by atoms with Crippen LogP contribution < -0.4 is 5.32 Å². The lowest BCUT2D eigenvalue weighted by atomic mass is 10.1. The zero-order valence-electron chi connectivity index (χ0n) is 10.9. The number of nitrogens with zero attached hydrogens (tertiary/aromatic N) is 1.